The summed E-state index contributed by atoms with van der Waals surface area (Å²) in [6.07, 6.45) is 3.13. The van der Waals surface area contributed by atoms with E-state index in [4.69, 9.17) is 5.73 Å². The van der Waals surface area contributed by atoms with Crippen LogP contribution in [-0.4, -0.2) is 20.2 Å². The number of pyridine rings is 1. The molecule has 0 spiro atoms. The van der Waals surface area contributed by atoms with Gasteiger partial charge in [0.15, 0.2) is 5.16 Å². The maximum Gasteiger partial charge on any atom is 0.188 e. The van der Waals surface area contributed by atoms with Crippen molar-refractivity contribution < 1.29 is 0 Å². The van der Waals surface area contributed by atoms with Crippen molar-refractivity contribution in [1.29, 1.82) is 0 Å². The van der Waals surface area contributed by atoms with Crippen molar-refractivity contribution in [3.8, 4) is 0 Å². The molecule has 0 radical (unpaired) electrons. The Morgan fingerprint density at radius 1 is 1.28 bits per heavy atom. The van der Waals surface area contributed by atoms with Crippen molar-refractivity contribution in [2.45, 2.75) is 10.1 Å². The van der Waals surface area contributed by atoms with E-state index in [1.165, 1.54) is 18.1 Å². The van der Waals surface area contributed by atoms with Gasteiger partial charge in [0.2, 0.25) is 0 Å². The molecule has 2 heterocycles. The molecular formula is C11H8BrN5S. The van der Waals surface area contributed by atoms with Crippen LogP contribution in [0, 0.1) is 0 Å². The molecule has 0 aliphatic carbocycles. The highest BCUT2D eigenvalue weighted by atomic mass is 79.9. The lowest BCUT2D eigenvalue weighted by atomic mass is 10.2. The van der Waals surface area contributed by atoms with E-state index in [0.717, 1.165) is 20.3 Å². The quantitative estimate of drug-likeness (QED) is 0.758. The number of hydrogen-bond donors (Lipinski definition) is 2. The molecule has 1 aromatic carbocycles. The molecule has 2 aromatic heterocycles. The van der Waals surface area contributed by atoms with Crippen LogP contribution in [0.4, 0.5) is 5.69 Å². The first-order chi connectivity index (χ1) is 8.74. The molecule has 0 bridgehead atoms. The highest BCUT2D eigenvalue weighted by Gasteiger charge is 2.10. The van der Waals surface area contributed by atoms with Crippen molar-refractivity contribution in [2.75, 3.05) is 5.73 Å². The van der Waals surface area contributed by atoms with Gasteiger partial charge in [-0.05, 0) is 30.0 Å². The molecule has 90 valence electrons. The molecule has 3 aromatic rings. The normalized spacial score (nSPS) is 10.9. The van der Waals surface area contributed by atoms with Crippen LogP contribution in [0.1, 0.15) is 0 Å². The van der Waals surface area contributed by atoms with Gasteiger partial charge >= 0.3 is 0 Å². The van der Waals surface area contributed by atoms with E-state index in [-0.39, 0.29) is 0 Å². The maximum atomic E-state index is 5.99. The third-order valence-electron chi connectivity index (χ3n) is 2.40. The highest BCUT2D eigenvalue weighted by molar-refractivity contribution is 9.10. The number of nitrogens with two attached hydrogens (primary N) is 1. The molecule has 3 rings (SSSR count). The summed E-state index contributed by atoms with van der Waals surface area (Å²) < 4.78 is 0.988. The highest BCUT2D eigenvalue weighted by Crippen LogP contribution is 2.36. The van der Waals surface area contributed by atoms with E-state index < -0.39 is 0 Å². The summed E-state index contributed by atoms with van der Waals surface area (Å²) in [6.45, 7) is 0. The minimum Gasteiger partial charge on any atom is -0.397 e. The Labute approximate surface area is 115 Å². The number of halogens is 1. The average Bonchev–Trinajstić information content (AvgIpc) is 2.86. The number of nitrogen functional groups attached to an aromatic ring is 1. The zero-order chi connectivity index (χ0) is 12.5. The van der Waals surface area contributed by atoms with Gasteiger partial charge in [0, 0.05) is 14.8 Å². The third-order valence-corrected chi connectivity index (χ3v) is 3.94. The van der Waals surface area contributed by atoms with Gasteiger partial charge < -0.3 is 5.73 Å². The number of hydrogen-bond acceptors (Lipinski definition) is 5. The fraction of sp³-hybridized carbons (Fsp3) is 0. The summed E-state index contributed by atoms with van der Waals surface area (Å²) in [5.74, 6) is 0. The van der Waals surface area contributed by atoms with Gasteiger partial charge in [-0.1, -0.05) is 15.9 Å². The fourth-order valence-corrected chi connectivity index (χ4v) is 2.81. The lowest BCUT2D eigenvalue weighted by molar-refractivity contribution is 0.974. The summed E-state index contributed by atoms with van der Waals surface area (Å²) >= 11 is 4.90. The molecule has 3 N–H and O–H groups in total. The van der Waals surface area contributed by atoms with Gasteiger partial charge in [-0.25, -0.2) is 4.98 Å². The zero-order valence-corrected chi connectivity index (χ0v) is 11.5. The molecule has 0 aliphatic rings. The van der Waals surface area contributed by atoms with Crippen LogP contribution in [0.15, 0.2) is 45.2 Å². The van der Waals surface area contributed by atoms with Crippen LogP contribution in [0.5, 0.6) is 0 Å². The number of benzene rings is 1. The number of anilines is 1. The average molecular weight is 322 g/mol. The van der Waals surface area contributed by atoms with Gasteiger partial charge in [-0.3, -0.25) is 10.1 Å². The van der Waals surface area contributed by atoms with E-state index in [9.17, 15) is 0 Å². The first-order valence-electron chi connectivity index (χ1n) is 5.11. The lowest BCUT2D eigenvalue weighted by Gasteiger charge is -2.07. The van der Waals surface area contributed by atoms with Gasteiger partial charge in [0.1, 0.15) is 6.33 Å². The second-order valence-electron chi connectivity index (χ2n) is 3.60. The van der Waals surface area contributed by atoms with Gasteiger partial charge in [0.05, 0.1) is 17.4 Å². The first kappa shape index (κ1) is 11.5. The Kier molecular flexibility index (Phi) is 2.92. The van der Waals surface area contributed by atoms with Crippen LogP contribution < -0.4 is 5.73 Å². The van der Waals surface area contributed by atoms with Gasteiger partial charge in [0.25, 0.3) is 0 Å². The molecule has 0 saturated heterocycles. The Morgan fingerprint density at radius 2 is 2.17 bits per heavy atom. The fourth-order valence-electron chi connectivity index (χ4n) is 1.61. The number of aromatic amines is 1. The van der Waals surface area contributed by atoms with Crippen LogP contribution in [0.25, 0.3) is 10.9 Å². The Morgan fingerprint density at radius 3 is 2.94 bits per heavy atom. The number of rotatable bonds is 2. The minimum absolute atomic E-state index is 0.627. The smallest absolute Gasteiger partial charge is 0.188 e. The van der Waals surface area contributed by atoms with E-state index in [0.29, 0.717) is 10.8 Å². The molecule has 7 heteroatoms. The predicted molar refractivity (Wildman–Crippen MR) is 74.4 cm³/mol. The van der Waals surface area contributed by atoms with Crippen LogP contribution in [0.3, 0.4) is 0 Å². The van der Waals surface area contributed by atoms with Crippen LogP contribution in [-0.2, 0) is 0 Å². The monoisotopic (exact) mass is 321 g/mol. The van der Waals surface area contributed by atoms with E-state index >= 15 is 0 Å². The number of H-pyrrole nitrogens is 1. The molecule has 0 amide bonds. The number of nitrogens with zero attached hydrogens (tertiary/aromatic N) is 3. The first-order valence-corrected chi connectivity index (χ1v) is 6.72. The van der Waals surface area contributed by atoms with Gasteiger partial charge in [-0.15, -0.1) is 0 Å². The number of fused-ring (bicyclic) bond motifs is 1. The zero-order valence-electron chi connectivity index (χ0n) is 9.09. The predicted octanol–water partition coefficient (Wildman–Crippen LogP) is 2.85. The second-order valence-corrected chi connectivity index (χ2v) is 5.51. The SMILES string of the molecule is Nc1cnc2ccc(Br)cc2c1Sc1ncn[nH]1. The summed E-state index contributed by atoms with van der Waals surface area (Å²) in [5, 5.41) is 8.32. The van der Waals surface area contributed by atoms with Crippen molar-refractivity contribution in [3.05, 3.63) is 35.2 Å². The number of nitrogens with one attached hydrogen (secondary N) is 1. The number of aromatic nitrogens is 4. The van der Waals surface area contributed by atoms with E-state index in [1.807, 2.05) is 18.2 Å². The third kappa shape index (κ3) is 2.06. The largest absolute Gasteiger partial charge is 0.397 e. The Hall–Kier alpha value is -1.60. The summed E-state index contributed by atoms with van der Waals surface area (Å²) in [7, 11) is 0. The molecule has 18 heavy (non-hydrogen) atoms. The van der Waals surface area contributed by atoms with Crippen LogP contribution >= 0.6 is 27.7 Å². The van der Waals surface area contributed by atoms with Crippen molar-refractivity contribution >= 4 is 44.3 Å². The standard InChI is InChI=1S/C11H8BrN5S/c12-6-1-2-9-7(3-6)10(8(13)4-14-9)18-11-15-5-16-17-11/h1-5H,13H2,(H,15,16,17). The second kappa shape index (κ2) is 4.58. The summed E-state index contributed by atoms with van der Waals surface area (Å²) in [4.78, 5) is 9.33. The van der Waals surface area contributed by atoms with Crippen molar-refractivity contribution in [2.24, 2.45) is 0 Å². The van der Waals surface area contributed by atoms with E-state index in [2.05, 4.69) is 36.1 Å². The molecule has 0 unspecified atom stereocenters. The van der Waals surface area contributed by atoms with Crippen LogP contribution in [0.2, 0.25) is 0 Å². The molecule has 0 fully saturated rings. The van der Waals surface area contributed by atoms with Crippen molar-refractivity contribution in [1.82, 2.24) is 20.2 Å². The molecule has 0 aliphatic heterocycles. The molecule has 0 saturated carbocycles. The molecule has 5 nitrogen and oxygen atoms in total. The topological polar surface area (TPSA) is 80.5 Å². The molecular weight excluding hydrogens is 314 g/mol. The minimum atomic E-state index is 0.627. The Balaban J connectivity index is 2.19. The lowest BCUT2D eigenvalue weighted by Crippen LogP contribution is -1.93. The molecule has 0 atom stereocenters. The van der Waals surface area contributed by atoms with E-state index in [1.54, 1.807) is 6.20 Å². The summed E-state index contributed by atoms with van der Waals surface area (Å²) in [6, 6.07) is 5.90. The van der Waals surface area contributed by atoms with Gasteiger partial charge in [-0.2, -0.15) is 5.10 Å². The Bertz CT molecular complexity index is 693. The summed E-state index contributed by atoms with van der Waals surface area (Å²) in [5.41, 5.74) is 7.52. The maximum absolute atomic E-state index is 5.99. The van der Waals surface area contributed by atoms with Crippen molar-refractivity contribution in [3.63, 3.8) is 0 Å².